The lowest BCUT2D eigenvalue weighted by atomic mass is 9.90. The molecule has 1 fully saturated rings. The van der Waals surface area contributed by atoms with E-state index < -0.39 is 21.5 Å². The Kier molecular flexibility index (Phi) is 5.44. The summed E-state index contributed by atoms with van der Waals surface area (Å²) in [5.41, 5.74) is 5.59. The van der Waals surface area contributed by atoms with Gasteiger partial charge in [0.25, 0.3) is 0 Å². The Morgan fingerprint density at radius 2 is 1.83 bits per heavy atom. The first-order valence-electron chi connectivity index (χ1n) is 7.91. The molecule has 0 spiro atoms. The normalized spacial score (nSPS) is 18.7. The summed E-state index contributed by atoms with van der Waals surface area (Å²) in [4.78, 5) is 11.4. The molecule has 0 radical (unpaired) electrons. The quantitative estimate of drug-likeness (QED) is 0.819. The van der Waals surface area contributed by atoms with Crippen LogP contribution in [0.2, 0.25) is 0 Å². The maximum Gasteiger partial charge on any atom is 0.323 e. The number of nitrogens with zero attached hydrogens (tertiary/aromatic N) is 1. The van der Waals surface area contributed by atoms with Crippen LogP contribution >= 0.6 is 0 Å². The minimum absolute atomic E-state index is 0.121. The lowest BCUT2D eigenvalue weighted by Gasteiger charge is -2.35. The molecule has 1 aliphatic rings. The van der Waals surface area contributed by atoms with E-state index in [1.807, 2.05) is 12.1 Å². The van der Waals surface area contributed by atoms with E-state index in [0.717, 1.165) is 24.8 Å². The van der Waals surface area contributed by atoms with Crippen LogP contribution in [-0.2, 0) is 21.2 Å². The summed E-state index contributed by atoms with van der Waals surface area (Å²) < 4.78 is 26.6. The standard InChI is InChI=1S/C16H24N2O4S/c1-2-3-4-13-5-7-14(8-6-13)23(21,22)18-11-9-16(17,10-12-18)15(19)20/h5-8H,2-4,9-12,17H2,1H3,(H,19,20). The first kappa shape index (κ1) is 17.9. The number of piperidine rings is 1. The molecule has 0 amide bonds. The zero-order chi connectivity index (χ0) is 17.1. The minimum Gasteiger partial charge on any atom is -0.480 e. The van der Waals surface area contributed by atoms with Gasteiger partial charge in [0.2, 0.25) is 10.0 Å². The van der Waals surface area contributed by atoms with Gasteiger partial charge in [0, 0.05) is 13.1 Å². The smallest absolute Gasteiger partial charge is 0.323 e. The molecule has 23 heavy (non-hydrogen) atoms. The predicted molar refractivity (Wildman–Crippen MR) is 87.6 cm³/mol. The second-order valence-corrected chi connectivity index (χ2v) is 8.05. The molecule has 2 rings (SSSR count). The fourth-order valence-corrected chi connectivity index (χ4v) is 4.14. The number of carbonyl (C=O) groups is 1. The molecule has 7 heteroatoms. The number of carboxylic acids is 1. The fourth-order valence-electron chi connectivity index (χ4n) is 2.70. The molecule has 6 nitrogen and oxygen atoms in total. The van der Waals surface area contributed by atoms with Gasteiger partial charge < -0.3 is 10.8 Å². The average Bonchev–Trinajstić information content (AvgIpc) is 2.53. The summed E-state index contributed by atoms with van der Waals surface area (Å²) in [6, 6.07) is 6.94. The predicted octanol–water partition coefficient (Wildman–Crippen LogP) is 1.60. The topological polar surface area (TPSA) is 101 Å². The number of benzene rings is 1. The molecule has 1 saturated heterocycles. The number of aliphatic carboxylic acids is 1. The highest BCUT2D eigenvalue weighted by atomic mass is 32.2. The molecule has 1 aromatic carbocycles. The van der Waals surface area contributed by atoms with Gasteiger partial charge in [0.15, 0.2) is 0 Å². The summed E-state index contributed by atoms with van der Waals surface area (Å²) >= 11 is 0. The van der Waals surface area contributed by atoms with Gasteiger partial charge in [-0.2, -0.15) is 4.31 Å². The van der Waals surface area contributed by atoms with Crippen LogP contribution in [0.4, 0.5) is 0 Å². The van der Waals surface area contributed by atoms with Crippen molar-refractivity contribution < 1.29 is 18.3 Å². The highest BCUT2D eigenvalue weighted by molar-refractivity contribution is 7.89. The Balaban J connectivity index is 2.09. The lowest BCUT2D eigenvalue weighted by molar-refractivity contribution is -0.144. The maximum absolute atomic E-state index is 12.6. The van der Waals surface area contributed by atoms with Gasteiger partial charge in [-0.1, -0.05) is 25.5 Å². The molecular weight excluding hydrogens is 316 g/mol. The highest BCUT2D eigenvalue weighted by Gasteiger charge is 2.40. The molecule has 0 atom stereocenters. The van der Waals surface area contributed by atoms with E-state index in [0.29, 0.717) is 0 Å². The van der Waals surface area contributed by atoms with Crippen molar-refractivity contribution in [2.45, 2.75) is 49.5 Å². The Bertz CT molecular complexity index is 647. The number of unbranched alkanes of at least 4 members (excludes halogenated alkanes) is 1. The van der Waals surface area contributed by atoms with Gasteiger partial charge in [-0.3, -0.25) is 4.79 Å². The van der Waals surface area contributed by atoms with Gasteiger partial charge in [0.1, 0.15) is 5.54 Å². The SMILES string of the molecule is CCCCc1ccc(S(=O)(=O)N2CCC(N)(C(=O)O)CC2)cc1. The van der Waals surface area contributed by atoms with Gasteiger partial charge in [-0.05, 0) is 43.4 Å². The van der Waals surface area contributed by atoms with Gasteiger partial charge in [0.05, 0.1) is 4.90 Å². The number of nitrogens with two attached hydrogens (primary N) is 1. The van der Waals surface area contributed by atoms with E-state index in [4.69, 9.17) is 10.8 Å². The summed E-state index contributed by atoms with van der Waals surface area (Å²) in [6.07, 6.45) is 3.35. The zero-order valence-corrected chi connectivity index (χ0v) is 14.2. The van der Waals surface area contributed by atoms with Crippen LogP contribution in [0.15, 0.2) is 29.2 Å². The first-order valence-corrected chi connectivity index (χ1v) is 9.35. The fraction of sp³-hybridized carbons (Fsp3) is 0.562. The third-order valence-corrected chi connectivity index (χ3v) is 6.33. The molecule has 0 unspecified atom stereocenters. The van der Waals surface area contributed by atoms with Crippen molar-refractivity contribution in [2.24, 2.45) is 5.73 Å². The van der Waals surface area contributed by atoms with E-state index in [1.54, 1.807) is 12.1 Å². The molecular formula is C16H24N2O4S. The molecule has 0 aromatic heterocycles. The van der Waals surface area contributed by atoms with E-state index in [-0.39, 0.29) is 30.8 Å². The van der Waals surface area contributed by atoms with Gasteiger partial charge in [-0.15, -0.1) is 0 Å². The molecule has 0 saturated carbocycles. The van der Waals surface area contributed by atoms with Crippen LogP contribution in [0.25, 0.3) is 0 Å². The summed E-state index contributed by atoms with van der Waals surface area (Å²) in [7, 11) is -3.59. The number of rotatable bonds is 6. The maximum atomic E-state index is 12.6. The lowest BCUT2D eigenvalue weighted by Crippen LogP contribution is -2.56. The number of sulfonamides is 1. The van der Waals surface area contributed by atoms with Crippen LogP contribution in [-0.4, -0.2) is 42.4 Å². The average molecular weight is 340 g/mol. The van der Waals surface area contributed by atoms with Crippen molar-refractivity contribution >= 4 is 16.0 Å². The molecule has 0 aliphatic carbocycles. The molecule has 0 bridgehead atoms. The van der Waals surface area contributed by atoms with Crippen molar-refractivity contribution in [3.8, 4) is 0 Å². The van der Waals surface area contributed by atoms with E-state index in [1.165, 1.54) is 4.31 Å². The summed E-state index contributed by atoms with van der Waals surface area (Å²) in [5.74, 6) is -1.07. The molecule has 1 aliphatic heterocycles. The molecule has 1 aromatic rings. The molecule has 1 heterocycles. The minimum atomic E-state index is -3.59. The van der Waals surface area contributed by atoms with Crippen LogP contribution in [0.5, 0.6) is 0 Å². The third-order valence-electron chi connectivity index (χ3n) is 4.42. The van der Waals surface area contributed by atoms with E-state index >= 15 is 0 Å². The van der Waals surface area contributed by atoms with Gasteiger partial charge in [-0.25, -0.2) is 8.42 Å². The summed E-state index contributed by atoms with van der Waals surface area (Å²) in [6.45, 7) is 2.37. The second-order valence-electron chi connectivity index (χ2n) is 6.11. The van der Waals surface area contributed by atoms with Crippen molar-refractivity contribution in [2.75, 3.05) is 13.1 Å². The Morgan fingerprint density at radius 1 is 1.26 bits per heavy atom. The van der Waals surface area contributed by atoms with Crippen molar-refractivity contribution in [1.29, 1.82) is 0 Å². The van der Waals surface area contributed by atoms with Crippen LogP contribution < -0.4 is 5.73 Å². The largest absolute Gasteiger partial charge is 0.480 e. The number of carboxylic acid groups (broad SMARTS) is 1. The van der Waals surface area contributed by atoms with Crippen molar-refractivity contribution in [3.63, 3.8) is 0 Å². The third kappa shape index (κ3) is 3.91. The van der Waals surface area contributed by atoms with E-state index in [9.17, 15) is 13.2 Å². The Hall–Kier alpha value is -1.44. The summed E-state index contributed by atoms with van der Waals surface area (Å²) in [5, 5.41) is 9.11. The number of hydrogen-bond acceptors (Lipinski definition) is 4. The highest BCUT2D eigenvalue weighted by Crippen LogP contribution is 2.25. The number of hydrogen-bond donors (Lipinski definition) is 2. The molecule has 3 N–H and O–H groups in total. The van der Waals surface area contributed by atoms with Crippen LogP contribution in [0, 0.1) is 0 Å². The number of aryl methyl sites for hydroxylation is 1. The zero-order valence-electron chi connectivity index (χ0n) is 13.4. The van der Waals surface area contributed by atoms with Crippen LogP contribution in [0.3, 0.4) is 0 Å². The Labute approximate surface area is 137 Å². The second kappa shape index (κ2) is 6.98. The van der Waals surface area contributed by atoms with Gasteiger partial charge >= 0.3 is 5.97 Å². The first-order chi connectivity index (χ1) is 10.8. The van der Waals surface area contributed by atoms with Crippen molar-refractivity contribution in [3.05, 3.63) is 29.8 Å². The van der Waals surface area contributed by atoms with E-state index in [2.05, 4.69) is 6.92 Å². The van der Waals surface area contributed by atoms with Crippen molar-refractivity contribution in [1.82, 2.24) is 4.31 Å². The Morgan fingerprint density at radius 3 is 2.30 bits per heavy atom. The monoisotopic (exact) mass is 340 g/mol. The van der Waals surface area contributed by atoms with Crippen LogP contribution in [0.1, 0.15) is 38.2 Å². The molecule has 128 valence electrons.